The number of hydrogen-bond donors (Lipinski definition) is 2. The number of amides is 1. The van der Waals surface area contributed by atoms with Crippen molar-refractivity contribution in [2.75, 3.05) is 26.2 Å². The maximum atomic E-state index is 12.8. The Morgan fingerprint density at radius 2 is 1.92 bits per heavy atom. The molecule has 1 amide bonds. The van der Waals surface area contributed by atoms with Gasteiger partial charge in [0.2, 0.25) is 5.91 Å². The fraction of sp³-hybridized carbons (Fsp3) is 0.519. The molecule has 2 heterocycles. The second-order valence-corrected chi connectivity index (χ2v) is 10.1. The van der Waals surface area contributed by atoms with E-state index in [0.717, 1.165) is 55.6 Å². The molecule has 194 valence electrons. The van der Waals surface area contributed by atoms with E-state index in [1.165, 1.54) is 24.3 Å². The highest BCUT2D eigenvalue weighted by Crippen LogP contribution is 2.56. The topological polar surface area (TPSA) is 71.0 Å². The van der Waals surface area contributed by atoms with E-state index in [2.05, 4.69) is 15.0 Å². The third-order valence-corrected chi connectivity index (χ3v) is 7.49. The molecule has 2 N–H and O–H groups in total. The van der Waals surface area contributed by atoms with Crippen LogP contribution in [0.15, 0.2) is 42.5 Å². The molecule has 5 rings (SSSR count). The zero-order chi connectivity index (χ0) is 25.3. The van der Waals surface area contributed by atoms with E-state index in [1.54, 1.807) is 0 Å². The first-order valence-electron chi connectivity index (χ1n) is 12.5. The minimum Gasteiger partial charge on any atom is -0.493 e. The highest BCUT2D eigenvalue weighted by Gasteiger charge is 2.60. The first kappa shape index (κ1) is 24.9. The predicted molar refractivity (Wildman–Crippen MR) is 127 cm³/mol. The number of benzene rings is 2. The SMILES string of the molecule is O=C(Cc1ccc(OC(F)(F)F)cc1)NC1CC1(CN1CCCC1)[C@H](O)c1ccc2c(c1)OCCC2. The van der Waals surface area contributed by atoms with Crippen molar-refractivity contribution in [2.24, 2.45) is 5.41 Å². The zero-order valence-corrected chi connectivity index (χ0v) is 20.0. The number of nitrogens with one attached hydrogen (secondary N) is 1. The van der Waals surface area contributed by atoms with Gasteiger partial charge in [0.05, 0.1) is 19.1 Å². The Morgan fingerprint density at radius 1 is 1.17 bits per heavy atom. The summed E-state index contributed by atoms with van der Waals surface area (Å²) in [6.07, 6.45) is -0.606. The number of aryl methyl sites for hydroxylation is 1. The Labute approximate surface area is 208 Å². The molecule has 1 aliphatic carbocycles. The molecule has 0 spiro atoms. The van der Waals surface area contributed by atoms with E-state index < -0.39 is 17.9 Å². The van der Waals surface area contributed by atoms with Gasteiger partial charge in [0.1, 0.15) is 11.5 Å². The van der Waals surface area contributed by atoms with E-state index >= 15 is 0 Å². The van der Waals surface area contributed by atoms with Gasteiger partial charge in [0, 0.05) is 18.0 Å². The second kappa shape index (κ2) is 9.94. The predicted octanol–water partition coefficient (Wildman–Crippen LogP) is 4.16. The number of aliphatic hydroxyl groups is 1. The van der Waals surface area contributed by atoms with Crippen molar-refractivity contribution in [3.8, 4) is 11.5 Å². The van der Waals surface area contributed by atoms with Gasteiger partial charge in [-0.1, -0.05) is 24.3 Å². The van der Waals surface area contributed by atoms with Gasteiger partial charge in [-0.05, 0) is 80.1 Å². The largest absolute Gasteiger partial charge is 0.573 e. The van der Waals surface area contributed by atoms with Crippen LogP contribution in [-0.4, -0.2) is 54.6 Å². The van der Waals surface area contributed by atoms with Crippen LogP contribution in [0, 0.1) is 5.41 Å². The molecular weight excluding hydrogens is 473 g/mol. The molecule has 0 aromatic heterocycles. The van der Waals surface area contributed by atoms with E-state index in [4.69, 9.17) is 4.74 Å². The lowest BCUT2D eigenvalue weighted by Crippen LogP contribution is -2.39. The van der Waals surface area contributed by atoms with E-state index in [9.17, 15) is 23.1 Å². The van der Waals surface area contributed by atoms with E-state index in [1.807, 2.05) is 18.2 Å². The molecule has 2 aliphatic heterocycles. The summed E-state index contributed by atoms with van der Waals surface area (Å²) in [5, 5.41) is 14.6. The number of likely N-dealkylation sites (tertiary alicyclic amines) is 1. The molecule has 9 heteroatoms. The summed E-state index contributed by atoms with van der Waals surface area (Å²) in [6.45, 7) is 3.33. The molecule has 2 aromatic rings. The van der Waals surface area contributed by atoms with Crippen molar-refractivity contribution in [3.63, 3.8) is 0 Å². The number of nitrogens with zero attached hydrogens (tertiary/aromatic N) is 1. The highest BCUT2D eigenvalue weighted by atomic mass is 19.4. The lowest BCUT2D eigenvalue weighted by Gasteiger charge is -2.30. The van der Waals surface area contributed by atoms with Crippen molar-refractivity contribution < 1.29 is 32.5 Å². The number of carbonyl (C=O) groups excluding carboxylic acids is 1. The van der Waals surface area contributed by atoms with Crippen LogP contribution in [0.3, 0.4) is 0 Å². The van der Waals surface area contributed by atoms with Gasteiger partial charge in [0.25, 0.3) is 0 Å². The van der Waals surface area contributed by atoms with Crippen molar-refractivity contribution in [2.45, 2.75) is 57.0 Å². The van der Waals surface area contributed by atoms with E-state index in [0.29, 0.717) is 25.1 Å². The molecule has 3 atom stereocenters. The molecule has 2 unspecified atom stereocenters. The van der Waals surface area contributed by atoms with Gasteiger partial charge >= 0.3 is 6.36 Å². The van der Waals surface area contributed by atoms with Crippen molar-refractivity contribution in [3.05, 3.63) is 59.2 Å². The lowest BCUT2D eigenvalue weighted by atomic mass is 9.89. The van der Waals surface area contributed by atoms with E-state index in [-0.39, 0.29) is 24.1 Å². The molecule has 6 nitrogen and oxygen atoms in total. The molecule has 1 saturated carbocycles. The first-order chi connectivity index (χ1) is 17.2. The van der Waals surface area contributed by atoms with Crippen LogP contribution in [-0.2, 0) is 17.6 Å². The van der Waals surface area contributed by atoms with Crippen LogP contribution in [0.5, 0.6) is 11.5 Å². The summed E-state index contributed by atoms with van der Waals surface area (Å²) in [6, 6.07) is 11.0. The first-order valence-corrected chi connectivity index (χ1v) is 12.5. The summed E-state index contributed by atoms with van der Waals surface area (Å²) in [5.41, 5.74) is 2.04. The van der Waals surface area contributed by atoms with Crippen molar-refractivity contribution in [1.82, 2.24) is 10.2 Å². The summed E-state index contributed by atoms with van der Waals surface area (Å²) in [5.74, 6) is 0.276. The van der Waals surface area contributed by atoms with Crippen molar-refractivity contribution in [1.29, 1.82) is 0 Å². The van der Waals surface area contributed by atoms with Gasteiger partial charge in [-0.25, -0.2) is 0 Å². The molecule has 36 heavy (non-hydrogen) atoms. The number of carbonyl (C=O) groups is 1. The van der Waals surface area contributed by atoms with Gasteiger partial charge < -0.3 is 24.8 Å². The van der Waals surface area contributed by atoms with Gasteiger partial charge in [-0.15, -0.1) is 13.2 Å². The third-order valence-electron chi connectivity index (χ3n) is 7.49. The summed E-state index contributed by atoms with van der Waals surface area (Å²) in [7, 11) is 0. The van der Waals surface area contributed by atoms with Crippen LogP contribution >= 0.6 is 0 Å². The highest BCUT2D eigenvalue weighted by molar-refractivity contribution is 5.79. The normalized spacial score (nSPS) is 24.5. The van der Waals surface area contributed by atoms with Crippen LogP contribution in [0.2, 0.25) is 0 Å². The minimum atomic E-state index is -4.76. The summed E-state index contributed by atoms with van der Waals surface area (Å²) >= 11 is 0. The molecule has 1 saturated heterocycles. The molecular formula is C27H31F3N2O4. The van der Waals surface area contributed by atoms with Crippen molar-refractivity contribution >= 4 is 5.91 Å². The fourth-order valence-corrected chi connectivity index (χ4v) is 5.53. The molecule has 0 bridgehead atoms. The van der Waals surface area contributed by atoms with Gasteiger partial charge in [-0.2, -0.15) is 0 Å². The van der Waals surface area contributed by atoms with Crippen LogP contribution in [0.1, 0.15) is 48.5 Å². The molecule has 3 aliphatic rings. The third kappa shape index (κ3) is 5.62. The van der Waals surface area contributed by atoms with Gasteiger partial charge in [-0.3, -0.25) is 4.79 Å². The second-order valence-electron chi connectivity index (χ2n) is 10.1. The Bertz CT molecular complexity index is 1090. The molecule has 0 radical (unpaired) electrons. The van der Waals surface area contributed by atoms with Crippen LogP contribution < -0.4 is 14.8 Å². The number of rotatable bonds is 8. The maximum absolute atomic E-state index is 12.8. The Hall–Kier alpha value is -2.78. The number of alkyl halides is 3. The number of hydrogen-bond acceptors (Lipinski definition) is 5. The van der Waals surface area contributed by atoms with Crippen LogP contribution in [0.25, 0.3) is 0 Å². The quantitative estimate of drug-likeness (QED) is 0.565. The van der Waals surface area contributed by atoms with Gasteiger partial charge in [0.15, 0.2) is 0 Å². The zero-order valence-electron chi connectivity index (χ0n) is 20.0. The monoisotopic (exact) mass is 504 g/mol. The minimum absolute atomic E-state index is 0.0331. The maximum Gasteiger partial charge on any atom is 0.573 e. The Morgan fingerprint density at radius 3 is 2.64 bits per heavy atom. The number of ether oxygens (including phenoxy) is 2. The Balaban J connectivity index is 1.26. The smallest absolute Gasteiger partial charge is 0.493 e. The average molecular weight is 505 g/mol. The fourth-order valence-electron chi connectivity index (χ4n) is 5.53. The lowest BCUT2D eigenvalue weighted by molar-refractivity contribution is -0.274. The van der Waals surface area contributed by atoms with Crippen LogP contribution in [0.4, 0.5) is 13.2 Å². The summed E-state index contributed by atoms with van der Waals surface area (Å²) < 4.78 is 46.8. The number of fused-ring (bicyclic) bond motifs is 1. The Kier molecular flexibility index (Phi) is 6.87. The molecule has 2 aromatic carbocycles. The number of halogens is 3. The average Bonchev–Trinajstić information content (AvgIpc) is 3.26. The summed E-state index contributed by atoms with van der Waals surface area (Å²) in [4.78, 5) is 15.2. The number of aliphatic hydroxyl groups excluding tert-OH is 1. The molecule has 2 fully saturated rings. The standard InChI is InChI=1S/C27H31F3N2O4/c28-27(29,30)36-21-9-5-18(6-10-21)14-24(33)31-23-16-26(23,17-32-11-1-2-12-32)25(34)20-8-7-19-4-3-13-35-22(19)15-20/h5-10,15,23,25,34H,1-4,11-14,16-17H2,(H,31,33)/t23?,25-,26?/m1/s1.